The molecule has 0 aliphatic carbocycles. The minimum Gasteiger partial charge on any atom is -0.491 e. The van der Waals surface area contributed by atoms with Crippen LogP contribution in [0.3, 0.4) is 0 Å². The van der Waals surface area contributed by atoms with Gasteiger partial charge in [0.25, 0.3) is 0 Å². The van der Waals surface area contributed by atoms with Crippen LogP contribution in [-0.4, -0.2) is 49.2 Å². The van der Waals surface area contributed by atoms with E-state index in [2.05, 4.69) is 4.72 Å². The molecule has 2 aromatic carbocycles. The van der Waals surface area contributed by atoms with Crippen molar-refractivity contribution in [1.29, 1.82) is 0 Å². The van der Waals surface area contributed by atoms with Gasteiger partial charge in [0, 0.05) is 30.7 Å². The fraction of sp³-hybridized carbons (Fsp3) is 0.375. The van der Waals surface area contributed by atoms with E-state index in [0.29, 0.717) is 31.7 Å². The predicted molar refractivity (Wildman–Crippen MR) is 125 cm³/mol. The number of hydrogen-bond acceptors (Lipinski definition) is 4. The molecular formula is C24H29N3O4S. The quantitative estimate of drug-likeness (QED) is 0.627. The van der Waals surface area contributed by atoms with Crippen molar-refractivity contribution in [3.63, 3.8) is 0 Å². The van der Waals surface area contributed by atoms with Crippen LogP contribution in [0.2, 0.25) is 0 Å². The van der Waals surface area contributed by atoms with Crippen molar-refractivity contribution in [3.8, 4) is 5.75 Å². The maximum absolute atomic E-state index is 13.1. The largest absolute Gasteiger partial charge is 0.491 e. The number of amides is 1. The number of benzene rings is 2. The van der Waals surface area contributed by atoms with E-state index in [9.17, 15) is 13.2 Å². The number of aryl methyl sites for hydroxylation is 1. The molecule has 1 N–H and O–H groups in total. The lowest BCUT2D eigenvalue weighted by atomic mass is 10.1. The highest BCUT2D eigenvalue weighted by molar-refractivity contribution is 7.89. The first-order chi connectivity index (χ1) is 15.2. The Kier molecular flexibility index (Phi) is 6.26. The number of nitrogens with one attached hydrogen (secondary N) is 1. The first-order valence-corrected chi connectivity index (χ1v) is 12.4. The summed E-state index contributed by atoms with van der Waals surface area (Å²) in [6.45, 7) is 6.83. The van der Waals surface area contributed by atoms with Crippen LogP contribution in [0, 0.1) is 6.92 Å². The number of likely N-dealkylation sites (tertiary alicyclic amines) is 1. The summed E-state index contributed by atoms with van der Waals surface area (Å²) in [5, 5.41) is 1.06. The molecule has 1 aliphatic rings. The number of hydrogen-bond donors (Lipinski definition) is 1. The number of fused-ring (bicyclic) bond motifs is 1. The van der Waals surface area contributed by atoms with E-state index in [1.165, 1.54) is 0 Å². The maximum atomic E-state index is 13.1. The van der Waals surface area contributed by atoms with Crippen molar-refractivity contribution in [3.05, 3.63) is 60.3 Å². The van der Waals surface area contributed by atoms with Gasteiger partial charge in [0.15, 0.2) is 0 Å². The molecule has 7 nitrogen and oxygen atoms in total. The van der Waals surface area contributed by atoms with Gasteiger partial charge in [0.05, 0.1) is 16.5 Å². The number of aromatic nitrogens is 1. The fourth-order valence-corrected chi connectivity index (χ4v) is 5.41. The number of nitrogens with zero attached hydrogens (tertiary/aromatic N) is 2. The summed E-state index contributed by atoms with van der Waals surface area (Å²) >= 11 is 0. The molecule has 0 radical (unpaired) electrons. The van der Waals surface area contributed by atoms with Crippen LogP contribution < -0.4 is 9.46 Å². The summed E-state index contributed by atoms with van der Waals surface area (Å²) in [7, 11) is -3.63. The summed E-state index contributed by atoms with van der Waals surface area (Å²) in [5.74, 6) is 0.638. The highest BCUT2D eigenvalue weighted by Crippen LogP contribution is 2.23. The Morgan fingerprint density at radius 2 is 1.72 bits per heavy atom. The second-order valence-electron chi connectivity index (χ2n) is 8.50. The Labute approximate surface area is 189 Å². The summed E-state index contributed by atoms with van der Waals surface area (Å²) < 4.78 is 35.6. The number of rotatable bonds is 5. The van der Waals surface area contributed by atoms with Crippen molar-refractivity contribution in [2.75, 3.05) is 13.1 Å². The van der Waals surface area contributed by atoms with Crippen LogP contribution in [0.1, 0.15) is 32.3 Å². The van der Waals surface area contributed by atoms with Gasteiger partial charge in [-0.2, -0.15) is 0 Å². The molecule has 1 aliphatic heterocycles. The normalized spacial score (nSPS) is 15.4. The molecule has 32 heavy (non-hydrogen) atoms. The minimum absolute atomic E-state index is 0.0249. The number of sulfonamides is 1. The van der Waals surface area contributed by atoms with Gasteiger partial charge in [-0.25, -0.2) is 17.9 Å². The smallest absolute Gasteiger partial charge is 0.328 e. The van der Waals surface area contributed by atoms with Crippen LogP contribution in [-0.2, 0) is 10.0 Å². The van der Waals surface area contributed by atoms with E-state index in [4.69, 9.17) is 4.74 Å². The highest BCUT2D eigenvalue weighted by Gasteiger charge is 2.28. The Morgan fingerprint density at radius 3 is 2.38 bits per heavy atom. The van der Waals surface area contributed by atoms with Crippen LogP contribution in [0.5, 0.6) is 5.75 Å². The molecule has 170 valence electrons. The third-order valence-corrected chi connectivity index (χ3v) is 7.25. The number of ether oxygens (including phenoxy) is 1. The monoisotopic (exact) mass is 455 g/mol. The number of carbonyl (C=O) groups excluding carboxylic acids is 1. The zero-order chi connectivity index (χ0) is 22.9. The second kappa shape index (κ2) is 8.96. The van der Waals surface area contributed by atoms with E-state index >= 15 is 0 Å². The molecule has 1 saturated heterocycles. The van der Waals surface area contributed by atoms with E-state index < -0.39 is 10.0 Å². The van der Waals surface area contributed by atoms with Gasteiger partial charge < -0.3 is 9.64 Å². The van der Waals surface area contributed by atoms with Crippen molar-refractivity contribution in [2.24, 2.45) is 0 Å². The van der Waals surface area contributed by atoms with Gasteiger partial charge in [0.2, 0.25) is 10.0 Å². The van der Waals surface area contributed by atoms with Gasteiger partial charge in [-0.15, -0.1) is 0 Å². The number of piperidine rings is 1. The van der Waals surface area contributed by atoms with E-state index in [1.54, 1.807) is 33.7 Å². The maximum Gasteiger partial charge on any atom is 0.328 e. The summed E-state index contributed by atoms with van der Waals surface area (Å²) in [6, 6.07) is 14.0. The molecule has 0 unspecified atom stereocenters. The fourth-order valence-electron chi connectivity index (χ4n) is 4.11. The first-order valence-electron chi connectivity index (χ1n) is 10.9. The molecule has 4 rings (SSSR count). The Morgan fingerprint density at radius 1 is 1.06 bits per heavy atom. The molecule has 0 bridgehead atoms. The van der Waals surface area contributed by atoms with Crippen LogP contribution in [0.15, 0.2) is 59.6 Å². The van der Waals surface area contributed by atoms with E-state index in [-0.39, 0.29) is 23.1 Å². The molecule has 1 aromatic heterocycles. The Hall–Kier alpha value is -2.84. The van der Waals surface area contributed by atoms with E-state index in [1.807, 2.05) is 51.2 Å². The zero-order valence-corrected chi connectivity index (χ0v) is 19.4. The molecule has 3 aromatic rings. The molecule has 0 atom stereocenters. The first kappa shape index (κ1) is 22.4. The van der Waals surface area contributed by atoms with Crippen molar-refractivity contribution >= 4 is 27.0 Å². The number of para-hydroxylation sites is 1. The van der Waals surface area contributed by atoms with Crippen molar-refractivity contribution < 1.29 is 17.9 Å². The lowest BCUT2D eigenvalue weighted by Gasteiger charge is -2.32. The van der Waals surface area contributed by atoms with Crippen molar-refractivity contribution in [2.45, 2.75) is 50.7 Å². The Balaban J connectivity index is 1.38. The third-order valence-electron chi connectivity index (χ3n) is 5.71. The SMILES string of the molecule is Cc1cn(C(=O)N2CCC(NS(=O)(=O)c3ccc(OC(C)C)cc3)CC2)c2ccccc12. The van der Waals surface area contributed by atoms with Gasteiger partial charge in [-0.05, 0) is 69.5 Å². The molecule has 0 saturated carbocycles. The summed E-state index contributed by atoms with van der Waals surface area (Å²) in [5.41, 5.74) is 1.95. The average molecular weight is 456 g/mol. The molecule has 1 fully saturated rings. The highest BCUT2D eigenvalue weighted by atomic mass is 32.2. The second-order valence-corrected chi connectivity index (χ2v) is 10.2. The van der Waals surface area contributed by atoms with E-state index in [0.717, 1.165) is 16.5 Å². The molecular weight excluding hydrogens is 426 g/mol. The zero-order valence-electron chi connectivity index (χ0n) is 18.6. The topological polar surface area (TPSA) is 80.6 Å². The van der Waals surface area contributed by atoms with Crippen LogP contribution in [0.4, 0.5) is 4.79 Å². The molecule has 0 spiro atoms. The van der Waals surface area contributed by atoms with Gasteiger partial charge >= 0.3 is 6.03 Å². The lowest BCUT2D eigenvalue weighted by Crippen LogP contribution is -2.47. The Bertz CT molecular complexity index is 1210. The molecule has 8 heteroatoms. The summed E-state index contributed by atoms with van der Waals surface area (Å²) in [6.07, 6.45) is 3.03. The van der Waals surface area contributed by atoms with Gasteiger partial charge in [-0.3, -0.25) is 4.57 Å². The third kappa shape index (κ3) is 4.66. The lowest BCUT2D eigenvalue weighted by molar-refractivity contribution is 0.182. The van der Waals surface area contributed by atoms with Crippen molar-refractivity contribution in [1.82, 2.24) is 14.2 Å². The van der Waals surface area contributed by atoms with Crippen LogP contribution >= 0.6 is 0 Å². The average Bonchev–Trinajstić information content (AvgIpc) is 3.10. The molecule has 2 heterocycles. The standard InChI is InChI=1S/C24H29N3O4S/c1-17(2)31-20-8-10-21(11-9-20)32(29,30)25-19-12-14-26(15-13-19)24(28)27-16-18(3)22-6-4-5-7-23(22)27/h4-11,16-17,19,25H,12-15H2,1-3H3. The van der Waals surface area contributed by atoms with Crippen LogP contribution in [0.25, 0.3) is 10.9 Å². The number of carbonyl (C=O) groups is 1. The minimum atomic E-state index is -3.63. The summed E-state index contributed by atoms with van der Waals surface area (Å²) in [4.78, 5) is 15.1. The predicted octanol–water partition coefficient (Wildman–Crippen LogP) is 4.15. The van der Waals surface area contributed by atoms with Gasteiger partial charge in [-0.1, -0.05) is 18.2 Å². The molecule has 1 amide bonds. The van der Waals surface area contributed by atoms with Gasteiger partial charge in [0.1, 0.15) is 5.75 Å².